The van der Waals surface area contributed by atoms with E-state index in [1.807, 2.05) is 25.1 Å². The Morgan fingerprint density at radius 1 is 1.23 bits per heavy atom. The first-order valence-electron chi connectivity index (χ1n) is 8.90. The molecule has 2 rings (SSSR count). The maximum absolute atomic E-state index is 12.0. The number of carbonyl (C=O) groups is 2. The molecule has 0 aliphatic carbocycles. The van der Waals surface area contributed by atoms with E-state index in [0.29, 0.717) is 43.7 Å². The maximum atomic E-state index is 12.0. The minimum absolute atomic E-state index is 0.0659. The number of nitrogens with one attached hydrogen (secondary N) is 1. The highest BCUT2D eigenvalue weighted by molar-refractivity contribution is 5.78. The van der Waals surface area contributed by atoms with Crippen molar-refractivity contribution in [1.82, 2.24) is 10.2 Å². The normalized spacial score (nSPS) is 14.4. The second-order valence-electron chi connectivity index (χ2n) is 6.13. The summed E-state index contributed by atoms with van der Waals surface area (Å²) in [5, 5.41) is 11.5. The fourth-order valence-corrected chi connectivity index (χ4v) is 2.86. The van der Waals surface area contributed by atoms with Crippen molar-refractivity contribution in [1.29, 1.82) is 5.26 Å². The van der Waals surface area contributed by atoms with E-state index in [4.69, 9.17) is 14.7 Å². The zero-order valence-corrected chi connectivity index (χ0v) is 15.1. The van der Waals surface area contributed by atoms with Gasteiger partial charge in [-0.2, -0.15) is 5.26 Å². The first-order valence-corrected chi connectivity index (χ1v) is 8.90. The Morgan fingerprint density at radius 2 is 1.88 bits per heavy atom. The molecule has 0 aromatic heterocycles. The molecule has 7 heteroatoms. The van der Waals surface area contributed by atoms with Crippen LogP contribution in [0.4, 0.5) is 0 Å². The molecule has 1 aliphatic rings. The monoisotopic (exact) mass is 359 g/mol. The van der Waals surface area contributed by atoms with Gasteiger partial charge < -0.3 is 19.7 Å². The Bertz CT molecular complexity index is 648. The van der Waals surface area contributed by atoms with Gasteiger partial charge in [0.15, 0.2) is 18.1 Å². The molecule has 1 aromatic rings. The third-order valence-corrected chi connectivity index (χ3v) is 4.29. The Morgan fingerprint density at radius 3 is 2.50 bits per heavy atom. The molecule has 0 radical (unpaired) electrons. The lowest BCUT2D eigenvalue weighted by atomic mass is 9.96. The molecule has 0 atom stereocenters. The molecule has 0 bridgehead atoms. The summed E-state index contributed by atoms with van der Waals surface area (Å²) in [7, 11) is 0. The van der Waals surface area contributed by atoms with Crippen molar-refractivity contribution in [2.24, 2.45) is 5.92 Å². The van der Waals surface area contributed by atoms with Gasteiger partial charge in [0.25, 0.3) is 5.91 Å². The number of likely N-dealkylation sites (tertiary alicyclic amines) is 1. The minimum atomic E-state index is -0.181. The molecular formula is C19H25N3O4. The van der Waals surface area contributed by atoms with Gasteiger partial charge in [-0.25, -0.2) is 0 Å². The van der Waals surface area contributed by atoms with E-state index in [2.05, 4.69) is 5.32 Å². The molecule has 2 amide bonds. The summed E-state index contributed by atoms with van der Waals surface area (Å²) >= 11 is 0. The molecule has 26 heavy (non-hydrogen) atoms. The van der Waals surface area contributed by atoms with Crippen LogP contribution >= 0.6 is 0 Å². The number of rotatable bonds is 8. The van der Waals surface area contributed by atoms with Crippen molar-refractivity contribution >= 4 is 11.8 Å². The quantitative estimate of drug-likeness (QED) is 0.763. The smallest absolute Gasteiger partial charge is 0.257 e. The van der Waals surface area contributed by atoms with E-state index < -0.39 is 0 Å². The molecule has 7 nitrogen and oxygen atoms in total. The standard InChI is InChI=1S/C19H25N3O4/c1-2-25-16-5-3-4-6-17(16)26-14-18(23)21-13-15-8-11-22(12-9-15)19(24)7-10-20/h3-6,15H,2,7-9,11-14H2,1H3,(H,21,23). The van der Waals surface area contributed by atoms with E-state index in [0.717, 1.165) is 12.8 Å². The van der Waals surface area contributed by atoms with Crippen molar-refractivity contribution in [3.8, 4) is 17.6 Å². The van der Waals surface area contributed by atoms with Crippen molar-refractivity contribution in [3.05, 3.63) is 24.3 Å². The summed E-state index contributed by atoms with van der Waals surface area (Å²) in [6.45, 7) is 4.20. The molecule has 0 spiro atoms. The number of para-hydroxylation sites is 2. The number of piperidine rings is 1. The van der Waals surface area contributed by atoms with Crippen LogP contribution in [0.1, 0.15) is 26.2 Å². The molecule has 1 N–H and O–H groups in total. The molecule has 1 aliphatic heterocycles. The molecule has 1 heterocycles. The SMILES string of the molecule is CCOc1ccccc1OCC(=O)NCC1CCN(C(=O)CC#N)CC1. The zero-order chi connectivity index (χ0) is 18.8. The number of hydrogen-bond acceptors (Lipinski definition) is 5. The lowest BCUT2D eigenvalue weighted by Crippen LogP contribution is -2.42. The number of benzene rings is 1. The first kappa shape index (κ1) is 19.6. The molecule has 140 valence electrons. The van der Waals surface area contributed by atoms with E-state index in [1.54, 1.807) is 17.0 Å². The van der Waals surface area contributed by atoms with Gasteiger partial charge in [0.2, 0.25) is 5.91 Å². The van der Waals surface area contributed by atoms with E-state index >= 15 is 0 Å². The van der Waals surface area contributed by atoms with Crippen LogP contribution in [0.2, 0.25) is 0 Å². The highest BCUT2D eigenvalue weighted by Crippen LogP contribution is 2.26. The summed E-state index contributed by atoms with van der Waals surface area (Å²) in [4.78, 5) is 25.4. The fourth-order valence-electron chi connectivity index (χ4n) is 2.86. The van der Waals surface area contributed by atoms with Crippen molar-refractivity contribution in [3.63, 3.8) is 0 Å². The topological polar surface area (TPSA) is 91.7 Å². The van der Waals surface area contributed by atoms with Gasteiger partial charge >= 0.3 is 0 Å². The predicted octanol–water partition coefficient (Wildman–Crippen LogP) is 1.73. The number of ether oxygens (including phenoxy) is 2. The molecule has 1 aromatic carbocycles. The van der Waals surface area contributed by atoms with Gasteiger partial charge in [-0.15, -0.1) is 0 Å². The Balaban J connectivity index is 1.69. The fraction of sp³-hybridized carbons (Fsp3) is 0.526. The van der Waals surface area contributed by atoms with Crippen molar-refractivity contribution in [2.75, 3.05) is 32.8 Å². The highest BCUT2D eigenvalue weighted by atomic mass is 16.5. The van der Waals surface area contributed by atoms with E-state index in [1.165, 1.54) is 0 Å². The maximum Gasteiger partial charge on any atom is 0.257 e. The third-order valence-electron chi connectivity index (χ3n) is 4.29. The summed E-state index contributed by atoms with van der Waals surface area (Å²) in [6.07, 6.45) is 1.58. The largest absolute Gasteiger partial charge is 0.490 e. The van der Waals surface area contributed by atoms with Crippen LogP contribution in [0.15, 0.2) is 24.3 Å². The van der Waals surface area contributed by atoms with Crippen molar-refractivity contribution in [2.45, 2.75) is 26.2 Å². The average molecular weight is 359 g/mol. The summed E-state index contributed by atoms with van der Waals surface area (Å²) < 4.78 is 11.0. The van der Waals surface area contributed by atoms with Gasteiger partial charge in [-0.05, 0) is 37.8 Å². The van der Waals surface area contributed by atoms with Gasteiger partial charge in [0.1, 0.15) is 6.42 Å². The zero-order valence-electron chi connectivity index (χ0n) is 15.1. The number of hydrogen-bond donors (Lipinski definition) is 1. The van der Waals surface area contributed by atoms with Gasteiger partial charge in [0.05, 0.1) is 12.7 Å². The number of nitrogens with zero attached hydrogens (tertiary/aromatic N) is 2. The predicted molar refractivity (Wildman–Crippen MR) is 95.6 cm³/mol. The number of nitriles is 1. The summed E-state index contributed by atoms with van der Waals surface area (Å²) in [5.74, 6) is 1.21. The summed E-state index contributed by atoms with van der Waals surface area (Å²) in [6, 6.07) is 9.14. The minimum Gasteiger partial charge on any atom is -0.490 e. The second kappa shape index (κ2) is 10.3. The average Bonchev–Trinajstić information content (AvgIpc) is 2.66. The third kappa shape index (κ3) is 5.96. The van der Waals surface area contributed by atoms with Gasteiger partial charge in [-0.3, -0.25) is 9.59 Å². The van der Waals surface area contributed by atoms with Gasteiger partial charge in [-0.1, -0.05) is 12.1 Å². The van der Waals surface area contributed by atoms with Crippen LogP contribution in [-0.2, 0) is 9.59 Å². The molecule has 1 saturated heterocycles. The molecule has 1 fully saturated rings. The van der Waals surface area contributed by atoms with E-state index in [9.17, 15) is 9.59 Å². The Hall–Kier alpha value is -2.75. The highest BCUT2D eigenvalue weighted by Gasteiger charge is 2.22. The summed E-state index contributed by atoms with van der Waals surface area (Å²) in [5.41, 5.74) is 0. The van der Waals surface area contributed by atoms with E-state index in [-0.39, 0.29) is 24.8 Å². The van der Waals surface area contributed by atoms with Crippen LogP contribution in [-0.4, -0.2) is 49.6 Å². The molecule has 0 unspecified atom stereocenters. The van der Waals surface area contributed by atoms with Gasteiger partial charge in [0, 0.05) is 19.6 Å². The number of carbonyl (C=O) groups excluding carboxylic acids is 2. The van der Waals surface area contributed by atoms with Crippen LogP contribution in [0.3, 0.4) is 0 Å². The molecular weight excluding hydrogens is 334 g/mol. The van der Waals surface area contributed by atoms with Crippen molar-refractivity contribution < 1.29 is 19.1 Å². The van der Waals surface area contributed by atoms with Crippen LogP contribution in [0, 0.1) is 17.2 Å². The Kier molecular flexibility index (Phi) is 7.75. The van der Waals surface area contributed by atoms with Crippen LogP contribution < -0.4 is 14.8 Å². The Labute approximate surface area is 153 Å². The molecule has 0 saturated carbocycles. The lowest BCUT2D eigenvalue weighted by molar-refractivity contribution is -0.131. The number of amides is 2. The second-order valence-corrected chi connectivity index (χ2v) is 6.13. The lowest BCUT2D eigenvalue weighted by Gasteiger charge is -2.31. The van der Waals surface area contributed by atoms with Crippen LogP contribution in [0.5, 0.6) is 11.5 Å². The first-order chi connectivity index (χ1) is 12.6. The van der Waals surface area contributed by atoms with Crippen LogP contribution in [0.25, 0.3) is 0 Å².